The fraction of sp³-hybridized carbons (Fsp3) is 0.688. The lowest BCUT2D eigenvalue weighted by molar-refractivity contribution is -0.107. The Morgan fingerprint density at radius 1 is 1.33 bits per heavy atom. The molecule has 1 atom stereocenters. The minimum atomic E-state index is -0.309. The first-order valence-corrected chi connectivity index (χ1v) is 7.74. The Bertz CT molecular complexity index is 465. The van der Waals surface area contributed by atoms with Crippen molar-refractivity contribution in [2.45, 2.75) is 58.1 Å². The van der Waals surface area contributed by atoms with Crippen LogP contribution in [0.15, 0.2) is 18.3 Å². The molecule has 118 valence electrons. The summed E-state index contributed by atoms with van der Waals surface area (Å²) in [5, 5.41) is 0. The number of ether oxygens (including phenoxy) is 1. The van der Waals surface area contributed by atoms with Crippen LogP contribution in [0.1, 0.15) is 58.1 Å². The Balaban J connectivity index is 2.34. The highest BCUT2D eigenvalue weighted by Crippen LogP contribution is 2.47. The highest BCUT2D eigenvalue weighted by atomic mass is 16.5. The fourth-order valence-corrected chi connectivity index (χ4v) is 3.35. The molecule has 1 aliphatic rings. The van der Waals surface area contributed by atoms with Gasteiger partial charge in [0.2, 0.25) is 0 Å². The molecule has 5 N–H and O–H groups in total. The van der Waals surface area contributed by atoms with E-state index in [0.29, 0.717) is 17.8 Å². The normalized spacial score (nSPS) is 21.9. The molecule has 1 unspecified atom stereocenters. The zero-order valence-electron chi connectivity index (χ0n) is 13.4. The molecule has 0 saturated heterocycles. The van der Waals surface area contributed by atoms with Crippen LogP contribution in [0, 0.1) is 5.41 Å². The van der Waals surface area contributed by atoms with Gasteiger partial charge in [-0.25, -0.2) is 10.4 Å². The number of nitrogens with zero attached hydrogens (tertiary/aromatic N) is 1. The van der Waals surface area contributed by atoms with Crippen molar-refractivity contribution in [1.29, 1.82) is 0 Å². The summed E-state index contributed by atoms with van der Waals surface area (Å²) in [5.41, 5.74) is 9.96. The van der Waals surface area contributed by atoms with Crippen LogP contribution in [0.25, 0.3) is 0 Å². The van der Waals surface area contributed by atoms with Crippen LogP contribution < -0.4 is 17.0 Å². The molecule has 0 amide bonds. The molecule has 5 heteroatoms. The van der Waals surface area contributed by atoms with Crippen LogP contribution in [0.5, 0.6) is 0 Å². The minimum absolute atomic E-state index is 0.137. The molecular weight excluding hydrogens is 264 g/mol. The van der Waals surface area contributed by atoms with E-state index in [-0.39, 0.29) is 11.6 Å². The first kappa shape index (κ1) is 16.2. The maximum absolute atomic E-state index is 6.20. The highest BCUT2D eigenvalue weighted by molar-refractivity contribution is 5.42. The Labute approximate surface area is 127 Å². The SMILES string of the molecule is CCOC1(C(NN)c2cccnc2N)CCC(C)(C)CC1. The third-order valence-corrected chi connectivity index (χ3v) is 4.76. The zero-order chi connectivity index (χ0) is 15.5. The predicted molar refractivity (Wildman–Crippen MR) is 85.3 cm³/mol. The van der Waals surface area contributed by atoms with Gasteiger partial charge in [0.15, 0.2) is 0 Å². The molecule has 2 rings (SSSR count). The molecule has 0 aromatic carbocycles. The van der Waals surface area contributed by atoms with Crippen LogP contribution in [-0.2, 0) is 4.74 Å². The number of nitrogens with two attached hydrogens (primary N) is 2. The van der Waals surface area contributed by atoms with E-state index in [0.717, 1.165) is 31.2 Å². The molecule has 1 aromatic heterocycles. The van der Waals surface area contributed by atoms with Crippen molar-refractivity contribution >= 4 is 5.82 Å². The van der Waals surface area contributed by atoms with Gasteiger partial charge in [0, 0.05) is 18.4 Å². The fourth-order valence-electron chi connectivity index (χ4n) is 3.35. The van der Waals surface area contributed by atoms with E-state index in [1.807, 2.05) is 19.1 Å². The lowest BCUT2D eigenvalue weighted by Crippen LogP contribution is -2.51. The molecule has 5 nitrogen and oxygen atoms in total. The number of hydrogen-bond acceptors (Lipinski definition) is 5. The van der Waals surface area contributed by atoms with Crippen molar-refractivity contribution in [2.75, 3.05) is 12.3 Å². The van der Waals surface area contributed by atoms with Crippen molar-refractivity contribution < 1.29 is 4.74 Å². The number of nitrogens with one attached hydrogen (secondary N) is 1. The molecule has 1 fully saturated rings. The summed E-state index contributed by atoms with van der Waals surface area (Å²) in [6.07, 6.45) is 5.87. The second-order valence-electron chi connectivity index (χ2n) is 6.74. The Kier molecular flexibility index (Phi) is 4.86. The van der Waals surface area contributed by atoms with Gasteiger partial charge in [-0.15, -0.1) is 0 Å². The van der Waals surface area contributed by atoms with E-state index in [2.05, 4.69) is 24.3 Å². The van der Waals surface area contributed by atoms with Gasteiger partial charge in [0.25, 0.3) is 0 Å². The van der Waals surface area contributed by atoms with E-state index in [4.69, 9.17) is 16.3 Å². The molecule has 1 heterocycles. The van der Waals surface area contributed by atoms with Crippen molar-refractivity contribution in [3.8, 4) is 0 Å². The van der Waals surface area contributed by atoms with Gasteiger partial charge >= 0.3 is 0 Å². The third kappa shape index (κ3) is 3.36. The number of aromatic nitrogens is 1. The largest absolute Gasteiger partial charge is 0.383 e. The van der Waals surface area contributed by atoms with Crippen LogP contribution in [0.3, 0.4) is 0 Å². The molecule has 0 spiro atoms. The summed E-state index contributed by atoms with van der Waals surface area (Å²) in [7, 11) is 0. The van der Waals surface area contributed by atoms with Gasteiger partial charge in [-0.1, -0.05) is 19.9 Å². The maximum Gasteiger partial charge on any atom is 0.128 e. The Hall–Kier alpha value is -1.17. The van der Waals surface area contributed by atoms with Crippen molar-refractivity contribution in [1.82, 2.24) is 10.4 Å². The molecule has 1 aliphatic carbocycles. The monoisotopic (exact) mass is 292 g/mol. The molecule has 0 aliphatic heterocycles. The van der Waals surface area contributed by atoms with Crippen LogP contribution in [0.2, 0.25) is 0 Å². The summed E-state index contributed by atoms with van der Waals surface area (Å²) in [4.78, 5) is 4.19. The number of pyridine rings is 1. The lowest BCUT2D eigenvalue weighted by Gasteiger charge is -2.47. The highest BCUT2D eigenvalue weighted by Gasteiger charge is 2.45. The number of hydrazine groups is 1. The topological polar surface area (TPSA) is 86.2 Å². The summed E-state index contributed by atoms with van der Waals surface area (Å²) < 4.78 is 6.20. The van der Waals surface area contributed by atoms with Gasteiger partial charge in [0.1, 0.15) is 5.82 Å². The van der Waals surface area contributed by atoms with E-state index in [1.165, 1.54) is 0 Å². The number of hydrogen-bond donors (Lipinski definition) is 3. The lowest BCUT2D eigenvalue weighted by atomic mass is 9.67. The van der Waals surface area contributed by atoms with Crippen LogP contribution in [0.4, 0.5) is 5.82 Å². The van der Waals surface area contributed by atoms with E-state index in [1.54, 1.807) is 6.20 Å². The second-order valence-corrected chi connectivity index (χ2v) is 6.74. The van der Waals surface area contributed by atoms with Gasteiger partial charge in [-0.3, -0.25) is 5.84 Å². The summed E-state index contributed by atoms with van der Waals surface area (Å²) >= 11 is 0. The van der Waals surface area contributed by atoms with E-state index >= 15 is 0 Å². The predicted octanol–water partition coefficient (Wildman–Crippen LogP) is 2.54. The minimum Gasteiger partial charge on any atom is -0.383 e. The average molecular weight is 292 g/mol. The smallest absolute Gasteiger partial charge is 0.128 e. The zero-order valence-corrected chi connectivity index (χ0v) is 13.4. The van der Waals surface area contributed by atoms with Crippen LogP contribution >= 0.6 is 0 Å². The summed E-state index contributed by atoms with van der Waals surface area (Å²) in [6, 6.07) is 3.73. The molecule has 1 aromatic rings. The Morgan fingerprint density at radius 2 is 2.00 bits per heavy atom. The molecular formula is C16H28N4O. The first-order chi connectivity index (χ1) is 9.94. The van der Waals surface area contributed by atoms with Crippen molar-refractivity contribution in [2.24, 2.45) is 11.3 Å². The van der Waals surface area contributed by atoms with E-state index < -0.39 is 0 Å². The quantitative estimate of drug-likeness (QED) is 0.573. The molecule has 0 radical (unpaired) electrons. The van der Waals surface area contributed by atoms with Crippen molar-refractivity contribution in [3.63, 3.8) is 0 Å². The van der Waals surface area contributed by atoms with Gasteiger partial charge < -0.3 is 10.5 Å². The number of nitrogen functional groups attached to an aromatic ring is 1. The molecule has 0 bridgehead atoms. The third-order valence-electron chi connectivity index (χ3n) is 4.76. The molecule has 21 heavy (non-hydrogen) atoms. The first-order valence-electron chi connectivity index (χ1n) is 7.74. The number of anilines is 1. The number of rotatable bonds is 5. The van der Waals surface area contributed by atoms with Crippen LogP contribution in [-0.4, -0.2) is 17.2 Å². The summed E-state index contributed by atoms with van der Waals surface area (Å²) in [5.74, 6) is 6.39. The van der Waals surface area contributed by atoms with Crippen molar-refractivity contribution in [3.05, 3.63) is 23.9 Å². The summed E-state index contributed by atoms with van der Waals surface area (Å²) in [6.45, 7) is 7.32. The Morgan fingerprint density at radius 3 is 2.52 bits per heavy atom. The molecule has 1 saturated carbocycles. The average Bonchev–Trinajstić information content (AvgIpc) is 2.45. The second kappa shape index (κ2) is 6.30. The van der Waals surface area contributed by atoms with E-state index in [9.17, 15) is 0 Å². The standard InChI is InChI=1S/C16H28N4O/c1-4-21-16(9-7-15(2,3)8-10-16)13(20-18)12-6-5-11-19-14(12)17/h5-6,11,13,20H,4,7-10,18H2,1-3H3,(H2,17,19). The maximum atomic E-state index is 6.20. The van der Waals surface area contributed by atoms with Gasteiger partial charge in [0.05, 0.1) is 11.6 Å². The van der Waals surface area contributed by atoms with Gasteiger partial charge in [-0.2, -0.15) is 0 Å². The van der Waals surface area contributed by atoms with Gasteiger partial charge in [-0.05, 0) is 44.1 Å².